The number of ether oxygens (including phenoxy) is 1. The molecule has 0 aliphatic carbocycles. The number of hydrogen-bond donors (Lipinski definition) is 1. The Balaban J connectivity index is 2.13. The first-order chi connectivity index (χ1) is 9.52. The number of carbonyl (C=O) groups excluding carboxylic acids is 1. The van der Waals surface area contributed by atoms with Gasteiger partial charge in [-0.25, -0.2) is 4.79 Å². The summed E-state index contributed by atoms with van der Waals surface area (Å²) in [6, 6.07) is 2.28. The Labute approximate surface area is 129 Å². The summed E-state index contributed by atoms with van der Waals surface area (Å²) in [6.45, 7) is 5.13. The highest BCUT2D eigenvalue weighted by Gasteiger charge is 2.23. The molecule has 2 heterocycles. The van der Waals surface area contributed by atoms with Crippen molar-refractivity contribution in [3.63, 3.8) is 0 Å². The van der Waals surface area contributed by atoms with Gasteiger partial charge in [-0.2, -0.15) is 0 Å². The van der Waals surface area contributed by atoms with Gasteiger partial charge in [0.2, 0.25) is 0 Å². The van der Waals surface area contributed by atoms with Gasteiger partial charge in [0, 0.05) is 17.5 Å². The summed E-state index contributed by atoms with van der Waals surface area (Å²) in [5, 5.41) is 4.70. The van der Waals surface area contributed by atoms with Crippen LogP contribution in [-0.2, 0) is 4.74 Å². The summed E-state index contributed by atoms with van der Waals surface area (Å²) in [6.07, 6.45) is 3.58. The van der Waals surface area contributed by atoms with Crippen LogP contribution in [0.3, 0.4) is 0 Å². The number of hydrogen-bond acceptors (Lipinski definition) is 4. The molecule has 6 heteroatoms. The molecule has 1 aliphatic heterocycles. The van der Waals surface area contributed by atoms with Crippen LogP contribution in [0.4, 0.5) is 5.00 Å². The predicted octanol–water partition coefficient (Wildman–Crippen LogP) is 3.41. The predicted molar refractivity (Wildman–Crippen MR) is 86.6 cm³/mol. The van der Waals surface area contributed by atoms with E-state index in [1.54, 1.807) is 0 Å². The van der Waals surface area contributed by atoms with Crippen molar-refractivity contribution in [1.29, 1.82) is 0 Å². The smallest absolute Gasteiger partial charge is 0.340 e. The zero-order chi connectivity index (χ0) is 14.7. The number of likely N-dealkylation sites (tertiary alicyclic amines) is 1. The number of nitrogens with one attached hydrogen (secondary N) is 1. The molecule has 0 bridgehead atoms. The van der Waals surface area contributed by atoms with Crippen LogP contribution in [0.5, 0.6) is 0 Å². The zero-order valence-corrected chi connectivity index (χ0v) is 13.7. The van der Waals surface area contributed by atoms with Crippen LogP contribution >= 0.6 is 23.6 Å². The molecule has 0 amide bonds. The monoisotopic (exact) mass is 312 g/mol. The minimum atomic E-state index is -0.327. The maximum absolute atomic E-state index is 11.8. The number of piperidine rings is 1. The van der Waals surface area contributed by atoms with Gasteiger partial charge in [-0.05, 0) is 51.4 Å². The third-order valence-electron chi connectivity index (χ3n) is 3.54. The Morgan fingerprint density at radius 1 is 1.55 bits per heavy atom. The second-order valence-corrected chi connectivity index (χ2v) is 6.70. The van der Waals surface area contributed by atoms with E-state index < -0.39 is 0 Å². The average Bonchev–Trinajstić information content (AvgIpc) is 2.79. The lowest BCUT2D eigenvalue weighted by atomic mass is 10.0. The third kappa shape index (κ3) is 3.30. The van der Waals surface area contributed by atoms with Crippen LogP contribution in [0, 0.1) is 6.92 Å². The number of carbonyl (C=O) groups is 1. The van der Waals surface area contributed by atoms with Crippen molar-refractivity contribution in [2.45, 2.75) is 39.2 Å². The van der Waals surface area contributed by atoms with Crippen molar-refractivity contribution >= 4 is 39.6 Å². The number of esters is 1. The molecule has 1 aliphatic rings. The molecule has 20 heavy (non-hydrogen) atoms. The van der Waals surface area contributed by atoms with E-state index in [4.69, 9.17) is 17.0 Å². The summed E-state index contributed by atoms with van der Waals surface area (Å²) in [4.78, 5) is 15.0. The number of aryl methyl sites for hydroxylation is 1. The van der Waals surface area contributed by atoms with Crippen LogP contribution in [-0.4, -0.2) is 35.7 Å². The largest absolute Gasteiger partial charge is 0.465 e. The molecular formula is C14H20N2O2S2. The molecule has 1 saturated heterocycles. The average molecular weight is 312 g/mol. The Morgan fingerprint density at radius 3 is 2.95 bits per heavy atom. The zero-order valence-electron chi connectivity index (χ0n) is 12.1. The highest BCUT2D eigenvalue weighted by molar-refractivity contribution is 7.80. The van der Waals surface area contributed by atoms with Crippen molar-refractivity contribution in [3.8, 4) is 0 Å². The highest BCUT2D eigenvalue weighted by Crippen LogP contribution is 2.29. The molecule has 110 valence electrons. The van der Waals surface area contributed by atoms with Crippen LogP contribution in [0.15, 0.2) is 6.07 Å². The molecule has 4 nitrogen and oxygen atoms in total. The molecule has 0 unspecified atom stereocenters. The molecular weight excluding hydrogens is 292 g/mol. The molecule has 1 aromatic rings. The second-order valence-electron chi connectivity index (χ2n) is 5.06. The number of rotatable bonds is 2. The van der Waals surface area contributed by atoms with E-state index in [2.05, 4.69) is 17.1 Å². The second kappa shape index (κ2) is 6.54. The van der Waals surface area contributed by atoms with Crippen molar-refractivity contribution < 1.29 is 9.53 Å². The molecule has 2 rings (SSSR count). The van der Waals surface area contributed by atoms with Crippen LogP contribution in [0.1, 0.15) is 41.4 Å². The number of thiocarbonyl (C=S) groups is 1. The number of methoxy groups -OCH3 is 1. The number of anilines is 1. The van der Waals surface area contributed by atoms with Crippen LogP contribution < -0.4 is 5.32 Å². The van der Waals surface area contributed by atoms with Gasteiger partial charge in [0.05, 0.1) is 12.7 Å². The number of nitrogens with zero attached hydrogens (tertiary/aromatic N) is 1. The summed E-state index contributed by atoms with van der Waals surface area (Å²) in [5.74, 6) is -0.327. The Hall–Kier alpha value is -1.14. The lowest BCUT2D eigenvalue weighted by Crippen LogP contribution is -2.44. The van der Waals surface area contributed by atoms with Crippen LogP contribution in [0.25, 0.3) is 0 Å². The highest BCUT2D eigenvalue weighted by atomic mass is 32.1. The molecule has 1 N–H and O–H groups in total. The number of thiophene rings is 1. The van der Waals surface area contributed by atoms with E-state index in [9.17, 15) is 4.79 Å². The fraction of sp³-hybridized carbons (Fsp3) is 0.571. The van der Waals surface area contributed by atoms with E-state index in [-0.39, 0.29) is 5.97 Å². The fourth-order valence-electron chi connectivity index (χ4n) is 2.44. The van der Waals surface area contributed by atoms with Gasteiger partial charge in [-0.15, -0.1) is 11.3 Å². The van der Waals surface area contributed by atoms with Crippen molar-refractivity contribution in [3.05, 3.63) is 16.5 Å². The Morgan fingerprint density at radius 2 is 2.30 bits per heavy atom. The van der Waals surface area contributed by atoms with Gasteiger partial charge in [0.25, 0.3) is 0 Å². The van der Waals surface area contributed by atoms with Gasteiger partial charge < -0.3 is 15.0 Å². The third-order valence-corrected chi connectivity index (χ3v) is 4.85. The van der Waals surface area contributed by atoms with E-state index in [0.29, 0.717) is 16.7 Å². The maximum atomic E-state index is 11.8. The minimum Gasteiger partial charge on any atom is -0.465 e. The van der Waals surface area contributed by atoms with E-state index >= 15 is 0 Å². The molecule has 1 atom stereocenters. The van der Waals surface area contributed by atoms with Crippen molar-refractivity contribution in [2.24, 2.45) is 0 Å². The van der Waals surface area contributed by atoms with E-state index in [1.165, 1.54) is 31.3 Å². The maximum Gasteiger partial charge on any atom is 0.340 e. The van der Waals surface area contributed by atoms with E-state index in [0.717, 1.165) is 22.8 Å². The summed E-state index contributed by atoms with van der Waals surface area (Å²) in [5.41, 5.74) is 0.557. The first kappa shape index (κ1) is 15.3. The van der Waals surface area contributed by atoms with Gasteiger partial charge in [-0.3, -0.25) is 0 Å². The summed E-state index contributed by atoms with van der Waals surface area (Å²) in [7, 11) is 1.39. The fourth-order valence-corrected chi connectivity index (χ4v) is 3.77. The lowest BCUT2D eigenvalue weighted by Gasteiger charge is -2.35. The molecule has 0 aromatic carbocycles. The summed E-state index contributed by atoms with van der Waals surface area (Å²) < 4.78 is 4.81. The van der Waals surface area contributed by atoms with Gasteiger partial charge >= 0.3 is 5.97 Å². The minimum absolute atomic E-state index is 0.327. The molecule has 0 radical (unpaired) electrons. The Kier molecular flexibility index (Phi) is 4.99. The SMILES string of the molecule is COC(=O)c1cc(C)sc1NC(=S)N1CCCC[C@@H]1C. The molecule has 1 aromatic heterocycles. The molecule has 1 fully saturated rings. The van der Waals surface area contributed by atoms with Crippen molar-refractivity contribution in [2.75, 3.05) is 19.0 Å². The van der Waals surface area contributed by atoms with Gasteiger partial charge in [-0.1, -0.05) is 0 Å². The normalized spacial score (nSPS) is 18.8. The van der Waals surface area contributed by atoms with Crippen molar-refractivity contribution in [1.82, 2.24) is 4.90 Å². The van der Waals surface area contributed by atoms with E-state index in [1.807, 2.05) is 13.0 Å². The standard InChI is InChI=1S/C14H20N2O2S2/c1-9-6-4-5-7-16(9)14(19)15-12-11(13(17)18-3)8-10(2)20-12/h8-9H,4-7H2,1-3H3,(H,15,19)/t9-/m0/s1. The summed E-state index contributed by atoms with van der Waals surface area (Å²) >= 11 is 7.02. The van der Waals surface area contributed by atoms with Crippen LogP contribution in [0.2, 0.25) is 0 Å². The quantitative estimate of drug-likeness (QED) is 0.669. The first-order valence-corrected chi connectivity index (χ1v) is 8.01. The first-order valence-electron chi connectivity index (χ1n) is 6.79. The lowest BCUT2D eigenvalue weighted by molar-refractivity contribution is 0.0602. The molecule has 0 spiro atoms. The molecule has 0 saturated carbocycles. The Bertz CT molecular complexity index is 513. The van der Waals surface area contributed by atoms with Gasteiger partial charge in [0.1, 0.15) is 5.00 Å². The van der Waals surface area contributed by atoms with Gasteiger partial charge in [0.15, 0.2) is 5.11 Å². The topological polar surface area (TPSA) is 41.6 Å².